The number of benzene rings is 1. The average Bonchev–Trinajstić information content (AvgIpc) is 2.37. The van der Waals surface area contributed by atoms with Crippen molar-refractivity contribution in [2.24, 2.45) is 5.41 Å². The standard InChI is InChI=1S/C13H18ClN3O3/c1-8-5-11(17(19)20)9(14)6-10(8)16-7-13(2,3)12(18)15-4/h5-6,16H,7H2,1-4H3,(H,15,18). The molecule has 0 saturated heterocycles. The highest BCUT2D eigenvalue weighted by atomic mass is 35.5. The van der Waals surface area contributed by atoms with Crippen LogP contribution in [0, 0.1) is 22.5 Å². The van der Waals surface area contributed by atoms with E-state index in [0.717, 1.165) is 0 Å². The number of hydrogen-bond acceptors (Lipinski definition) is 4. The van der Waals surface area contributed by atoms with Gasteiger partial charge in [-0.25, -0.2) is 0 Å². The Hall–Kier alpha value is -1.82. The molecule has 0 unspecified atom stereocenters. The number of hydrogen-bond donors (Lipinski definition) is 2. The van der Waals surface area contributed by atoms with Gasteiger partial charge >= 0.3 is 0 Å². The van der Waals surface area contributed by atoms with Crippen LogP contribution in [0.25, 0.3) is 0 Å². The van der Waals surface area contributed by atoms with Crippen molar-refractivity contribution in [1.82, 2.24) is 5.32 Å². The minimum atomic E-state index is -0.602. The highest BCUT2D eigenvalue weighted by Gasteiger charge is 2.26. The van der Waals surface area contributed by atoms with Crippen molar-refractivity contribution in [3.8, 4) is 0 Å². The molecule has 110 valence electrons. The zero-order valence-electron chi connectivity index (χ0n) is 11.9. The first-order valence-electron chi connectivity index (χ1n) is 6.09. The van der Waals surface area contributed by atoms with Crippen molar-refractivity contribution >= 4 is 28.9 Å². The van der Waals surface area contributed by atoms with Crippen molar-refractivity contribution in [3.63, 3.8) is 0 Å². The van der Waals surface area contributed by atoms with E-state index in [4.69, 9.17) is 11.6 Å². The molecule has 0 aliphatic heterocycles. The third-order valence-corrected chi connectivity index (χ3v) is 3.36. The highest BCUT2D eigenvalue weighted by Crippen LogP contribution is 2.31. The van der Waals surface area contributed by atoms with Crippen molar-refractivity contribution in [2.75, 3.05) is 18.9 Å². The maximum Gasteiger partial charge on any atom is 0.288 e. The van der Waals surface area contributed by atoms with Gasteiger partial charge in [0.05, 0.1) is 10.3 Å². The summed E-state index contributed by atoms with van der Waals surface area (Å²) >= 11 is 5.88. The van der Waals surface area contributed by atoms with E-state index >= 15 is 0 Å². The maximum absolute atomic E-state index is 11.7. The summed E-state index contributed by atoms with van der Waals surface area (Å²) < 4.78 is 0. The summed E-state index contributed by atoms with van der Waals surface area (Å²) in [5, 5.41) is 16.6. The van der Waals surface area contributed by atoms with Crippen LogP contribution in [0.3, 0.4) is 0 Å². The third kappa shape index (κ3) is 3.60. The lowest BCUT2D eigenvalue weighted by Gasteiger charge is -2.24. The molecule has 0 heterocycles. The van der Waals surface area contributed by atoms with Gasteiger partial charge in [0.2, 0.25) is 5.91 Å². The monoisotopic (exact) mass is 299 g/mol. The Morgan fingerprint density at radius 3 is 2.55 bits per heavy atom. The Morgan fingerprint density at radius 2 is 2.05 bits per heavy atom. The summed E-state index contributed by atoms with van der Waals surface area (Å²) in [4.78, 5) is 21.9. The highest BCUT2D eigenvalue weighted by molar-refractivity contribution is 6.33. The van der Waals surface area contributed by atoms with Crippen molar-refractivity contribution in [3.05, 3.63) is 32.8 Å². The summed E-state index contributed by atoms with van der Waals surface area (Å²) in [6, 6.07) is 2.92. The number of aryl methyl sites for hydroxylation is 1. The number of nitrogens with zero attached hydrogens (tertiary/aromatic N) is 1. The quantitative estimate of drug-likeness (QED) is 0.647. The lowest BCUT2D eigenvalue weighted by molar-refractivity contribution is -0.384. The predicted molar refractivity (Wildman–Crippen MR) is 79.2 cm³/mol. The van der Waals surface area contributed by atoms with E-state index in [-0.39, 0.29) is 16.6 Å². The van der Waals surface area contributed by atoms with Crippen LogP contribution >= 0.6 is 11.6 Å². The predicted octanol–water partition coefficient (Wildman–Crippen LogP) is 2.74. The topological polar surface area (TPSA) is 84.3 Å². The fraction of sp³-hybridized carbons (Fsp3) is 0.462. The second-order valence-corrected chi connectivity index (χ2v) is 5.60. The van der Waals surface area contributed by atoms with E-state index in [1.807, 2.05) is 0 Å². The lowest BCUT2D eigenvalue weighted by atomic mass is 9.92. The van der Waals surface area contributed by atoms with Crippen molar-refractivity contribution in [2.45, 2.75) is 20.8 Å². The van der Waals surface area contributed by atoms with E-state index in [2.05, 4.69) is 10.6 Å². The van der Waals surface area contributed by atoms with Crippen molar-refractivity contribution < 1.29 is 9.72 Å². The summed E-state index contributed by atoms with van der Waals surface area (Å²) in [6.07, 6.45) is 0. The normalized spacial score (nSPS) is 11.1. The van der Waals surface area contributed by atoms with Crippen LogP contribution in [-0.4, -0.2) is 24.4 Å². The number of nitrogens with one attached hydrogen (secondary N) is 2. The van der Waals surface area contributed by atoms with Crippen LogP contribution in [0.15, 0.2) is 12.1 Å². The van der Waals surface area contributed by atoms with E-state index in [0.29, 0.717) is 17.8 Å². The number of halogens is 1. The van der Waals surface area contributed by atoms with Gasteiger partial charge in [-0.1, -0.05) is 11.6 Å². The molecule has 6 nitrogen and oxygen atoms in total. The molecule has 0 spiro atoms. The number of carbonyl (C=O) groups excluding carboxylic acids is 1. The van der Waals surface area contributed by atoms with Crippen LogP contribution < -0.4 is 10.6 Å². The first-order valence-corrected chi connectivity index (χ1v) is 6.47. The maximum atomic E-state index is 11.7. The molecule has 0 bridgehead atoms. The molecular formula is C13H18ClN3O3. The SMILES string of the molecule is CNC(=O)C(C)(C)CNc1cc(Cl)c([N+](=O)[O-])cc1C. The number of anilines is 1. The van der Waals surface area contributed by atoms with Crippen LogP contribution in [0.5, 0.6) is 0 Å². The second-order valence-electron chi connectivity index (χ2n) is 5.19. The molecule has 7 heteroatoms. The smallest absolute Gasteiger partial charge is 0.288 e. The molecule has 1 aromatic carbocycles. The molecule has 0 fully saturated rings. The van der Waals surface area contributed by atoms with Crippen LogP contribution in [-0.2, 0) is 4.79 Å². The third-order valence-electron chi connectivity index (χ3n) is 3.05. The lowest BCUT2D eigenvalue weighted by Crippen LogP contribution is -2.39. The molecule has 0 aliphatic carbocycles. The number of carbonyl (C=O) groups is 1. The van der Waals surface area contributed by atoms with Gasteiger partial charge in [0.25, 0.3) is 5.69 Å². The van der Waals surface area contributed by atoms with Gasteiger partial charge in [-0.15, -0.1) is 0 Å². The minimum absolute atomic E-state index is 0.0702. The Morgan fingerprint density at radius 1 is 1.45 bits per heavy atom. The molecule has 0 aromatic heterocycles. The van der Waals surface area contributed by atoms with E-state index < -0.39 is 10.3 Å². The molecule has 0 aliphatic rings. The first kappa shape index (κ1) is 16.2. The van der Waals surface area contributed by atoms with Gasteiger partial charge in [0.1, 0.15) is 5.02 Å². The molecule has 20 heavy (non-hydrogen) atoms. The molecular weight excluding hydrogens is 282 g/mol. The summed E-state index contributed by atoms with van der Waals surface area (Å²) in [6.45, 7) is 5.75. The molecule has 2 N–H and O–H groups in total. The van der Waals surface area contributed by atoms with Crippen LogP contribution in [0.2, 0.25) is 5.02 Å². The van der Waals surface area contributed by atoms with Gasteiger partial charge in [-0.05, 0) is 32.4 Å². The second kappa shape index (κ2) is 6.09. The van der Waals surface area contributed by atoms with E-state index in [1.165, 1.54) is 12.1 Å². The van der Waals surface area contributed by atoms with Gasteiger partial charge < -0.3 is 10.6 Å². The molecule has 1 amide bonds. The van der Waals surface area contributed by atoms with Crippen LogP contribution in [0.1, 0.15) is 19.4 Å². The first-order chi connectivity index (χ1) is 9.19. The van der Waals surface area contributed by atoms with Gasteiger partial charge in [0.15, 0.2) is 0 Å². The van der Waals surface area contributed by atoms with Crippen molar-refractivity contribution in [1.29, 1.82) is 0 Å². The molecule has 0 radical (unpaired) electrons. The zero-order valence-corrected chi connectivity index (χ0v) is 12.7. The molecule has 1 rings (SSSR count). The van der Waals surface area contributed by atoms with Gasteiger partial charge in [-0.2, -0.15) is 0 Å². The fourth-order valence-corrected chi connectivity index (χ4v) is 1.96. The number of nitro benzene ring substituents is 1. The Kier molecular flexibility index (Phi) is 4.94. The van der Waals surface area contributed by atoms with Crippen LogP contribution in [0.4, 0.5) is 11.4 Å². The minimum Gasteiger partial charge on any atom is -0.384 e. The Bertz CT molecular complexity index is 544. The molecule has 0 saturated carbocycles. The van der Waals surface area contributed by atoms with E-state index in [9.17, 15) is 14.9 Å². The van der Waals surface area contributed by atoms with Gasteiger partial charge in [0, 0.05) is 25.3 Å². The number of rotatable bonds is 5. The van der Waals surface area contributed by atoms with Gasteiger partial charge in [-0.3, -0.25) is 14.9 Å². The Balaban J connectivity index is 2.92. The largest absolute Gasteiger partial charge is 0.384 e. The average molecular weight is 300 g/mol. The fourth-order valence-electron chi connectivity index (χ4n) is 1.73. The molecule has 0 atom stereocenters. The summed E-state index contributed by atoms with van der Waals surface area (Å²) in [5.74, 6) is -0.0874. The molecule has 1 aromatic rings. The summed E-state index contributed by atoms with van der Waals surface area (Å²) in [7, 11) is 1.58. The Labute approximate surface area is 122 Å². The zero-order chi connectivity index (χ0) is 15.5. The number of nitro groups is 1. The number of amides is 1. The summed E-state index contributed by atoms with van der Waals surface area (Å²) in [5.41, 5.74) is 0.654. The van der Waals surface area contributed by atoms with E-state index in [1.54, 1.807) is 27.8 Å².